The number of pyridine rings is 2. The van der Waals surface area contributed by atoms with Crippen LogP contribution in [0, 0.1) is 11.8 Å². The molecule has 7 nitrogen and oxygen atoms in total. The molecule has 3 aliphatic rings. The van der Waals surface area contributed by atoms with Gasteiger partial charge in [-0.3, -0.25) is 19.5 Å². The van der Waals surface area contributed by atoms with Crippen LogP contribution in [0.2, 0.25) is 0 Å². The number of aliphatic hydroxyl groups excluding tert-OH is 1. The highest BCUT2D eigenvalue weighted by molar-refractivity contribution is 5.81. The third-order valence-corrected chi connectivity index (χ3v) is 7.77. The summed E-state index contributed by atoms with van der Waals surface area (Å²) < 4.78 is 41.2. The number of alkyl halides is 3. The molecule has 35 heavy (non-hydrogen) atoms. The maximum Gasteiger partial charge on any atom is 0.390 e. The van der Waals surface area contributed by atoms with E-state index in [2.05, 4.69) is 4.98 Å². The van der Waals surface area contributed by atoms with Gasteiger partial charge in [0.2, 0.25) is 5.91 Å². The van der Waals surface area contributed by atoms with Crippen LogP contribution in [0.25, 0.3) is 11.1 Å². The fourth-order valence-electron chi connectivity index (χ4n) is 6.14. The molecule has 0 unspecified atom stereocenters. The Morgan fingerprint density at radius 1 is 1.09 bits per heavy atom. The zero-order valence-corrected chi connectivity index (χ0v) is 19.3. The lowest BCUT2D eigenvalue weighted by atomic mass is 9.85. The monoisotopic (exact) mass is 490 g/mol. The summed E-state index contributed by atoms with van der Waals surface area (Å²) in [5.74, 6) is -1.38. The molecule has 5 heterocycles. The maximum atomic E-state index is 13.7. The van der Waals surface area contributed by atoms with E-state index in [1.54, 1.807) is 51.0 Å². The second-order valence-electron chi connectivity index (χ2n) is 9.70. The second-order valence-corrected chi connectivity index (χ2v) is 9.70. The van der Waals surface area contributed by atoms with E-state index in [-0.39, 0.29) is 31.2 Å². The van der Waals surface area contributed by atoms with Crippen LogP contribution < -0.4 is 5.56 Å². The van der Waals surface area contributed by atoms with Crippen molar-refractivity contribution in [2.45, 2.75) is 50.5 Å². The Hall–Kier alpha value is -2.72. The SMILES string of the molecule is O=C([C@@H]1[C@@H](CO)[C@@H]2Cn3c(ccc(-c4ccncc4)c3=O)[C@H]1N2CCC(F)(F)F)N1CCCCC1. The molecular weight excluding hydrogens is 461 g/mol. The Kier molecular flexibility index (Phi) is 6.43. The first-order valence-corrected chi connectivity index (χ1v) is 12.2. The van der Waals surface area contributed by atoms with Crippen LogP contribution >= 0.6 is 0 Å². The number of carbonyl (C=O) groups is 1. The van der Waals surface area contributed by atoms with Gasteiger partial charge < -0.3 is 14.6 Å². The molecule has 4 atom stereocenters. The van der Waals surface area contributed by atoms with Crippen molar-refractivity contribution in [2.24, 2.45) is 11.8 Å². The van der Waals surface area contributed by atoms with Crippen molar-refractivity contribution in [1.82, 2.24) is 19.4 Å². The van der Waals surface area contributed by atoms with Gasteiger partial charge in [0.05, 0.1) is 18.4 Å². The van der Waals surface area contributed by atoms with E-state index in [1.807, 2.05) is 0 Å². The van der Waals surface area contributed by atoms with Crippen LogP contribution in [0.15, 0.2) is 41.5 Å². The van der Waals surface area contributed by atoms with Crippen molar-refractivity contribution in [2.75, 3.05) is 26.2 Å². The normalized spacial score (nSPS) is 26.6. The molecule has 2 aromatic rings. The first-order valence-electron chi connectivity index (χ1n) is 12.2. The predicted molar refractivity (Wildman–Crippen MR) is 122 cm³/mol. The Labute approximate surface area is 201 Å². The number of amides is 1. The summed E-state index contributed by atoms with van der Waals surface area (Å²) in [6, 6.07) is 5.67. The molecule has 5 rings (SSSR count). The van der Waals surface area contributed by atoms with Crippen molar-refractivity contribution in [3.05, 3.63) is 52.7 Å². The van der Waals surface area contributed by atoms with Gasteiger partial charge in [0.15, 0.2) is 0 Å². The van der Waals surface area contributed by atoms with Crippen molar-refractivity contribution in [3.8, 4) is 11.1 Å². The Morgan fingerprint density at radius 3 is 2.46 bits per heavy atom. The molecule has 2 saturated heterocycles. The highest BCUT2D eigenvalue weighted by Gasteiger charge is 2.56. The van der Waals surface area contributed by atoms with E-state index in [9.17, 15) is 27.9 Å². The molecule has 0 aromatic carbocycles. The maximum absolute atomic E-state index is 13.7. The molecule has 10 heteroatoms. The van der Waals surface area contributed by atoms with Crippen LogP contribution in [0.1, 0.15) is 37.4 Å². The van der Waals surface area contributed by atoms with Gasteiger partial charge in [-0.1, -0.05) is 0 Å². The minimum Gasteiger partial charge on any atom is -0.396 e. The number of likely N-dealkylation sites (tertiary alicyclic amines) is 1. The standard InChI is InChI=1S/C25H29F3N4O3/c26-25(27,28)8-13-31-20-14-32-19(5-4-17(23(32)34)16-6-9-29-10-7-16)22(31)21(18(20)15-33)24(35)30-11-2-1-3-12-30/h4-7,9-10,18,20-22,33H,1-3,8,11-15H2/t18-,20-,21+,22+/m0/s1. The lowest BCUT2D eigenvalue weighted by molar-refractivity contribution is -0.141. The number of rotatable bonds is 5. The second kappa shape index (κ2) is 9.39. The van der Waals surface area contributed by atoms with Gasteiger partial charge in [-0.05, 0) is 49.1 Å². The number of hydrogen-bond acceptors (Lipinski definition) is 5. The van der Waals surface area contributed by atoms with Crippen LogP contribution in [-0.2, 0) is 11.3 Å². The largest absolute Gasteiger partial charge is 0.396 e. The summed E-state index contributed by atoms with van der Waals surface area (Å²) in [5, 5.41) is 10.3. The van der Waals surface area contributed by atoms with E-state index >= 15 is 0 Å². The zero-order valence-electron chi connectivity index (χ0n) is 19.3. The number of nitrogens with zero attached hydrogens (tertiary/aromatic N) is 4. The summed E-state index contributed by atoms with van der Waals surface area (Å²) in [7, 11) is 0. The molecule has 0 aliphatic carbocycles. The predicted octanol–water partition coefficient (Wildman–Crippen LogP) is 2.84. The number of halogens is 3. The van der Waals surface area contributed by atoms with Crippen LogP contribution in [0.3, 0.4) is 0 Å². The lowest BCUT2D eigenvalue weighted by Gasteiger charge is -2.39. The average molecular weight is 491 g/mol. The van der Waals surface area contributed by atoms with E-state index in [0.717, 1.165) is 19.3 Å². The fourth-order valence-corrected chi connectivity index (χ4v) is 6.14. The summed E-state index contributed by atoms with van der Waals surface area (Å²) in [6.07, 6.45) is 0.647. The fraction of sp³-hybridized carbons (Fsp3) is 0.560. The number of fused-ring (bicyclic) bond motifs is 4. The van der Waals surface area contributed by atoms with Crippen molar-refractivity contribution < 1.29 is 23.1 Å². The third-order valence-electron chi connectivity index (χ3n) is 7.77. The van der Waals surface area contributed by atoms with E-state index in [0.29, 0.717) is 29.9 Å². The Bertz CT molecular complexity index is 1130. The first kappa shape index (κ1) is 24.0. The van der Waals surface area contributed by atoms with E-state index in [1.165, 1.54) is 0 Å². The lowest BCUT2D eigenvalue weighted by Crippen LogP contribution is -2.47. The van der Waals surface area contributed by atoms with Crippen molar-refractivity contribution in [3.63, 3.8) is 0 Å². The van der Waals surface area contributed by atoms with Crippen molar-refractivity contribution in [1.29, 1.82) is 0 Å². The molecule has 1 amide bonds. The van der Waals surface area contributed by atoms with Crippen LogP contribution in [-0.4, -0.2) is 68.8 Å². The molecule has 0 saturated carbocycles. The van der Waals surface area contributed by atoms with Crippen LogP contribution in [0.4, 0.5) is 13.2 Å². The third kappa shape index (κ3) is 4.38. The van der Waals surface area contributed by atoms with Gasteiger partial charge in [-0.2, -0.15) is 13.2 Å². The van der Waals surface area contributed by atoms with Gasteiger partial charge in [0, 0.05) is 68.4 Å². The highest BCUT2D eigenvalue weighted by atomic mass is 19.4. The Morgan fingerprint density at radius 2 is 1.80 bits per heavy atom. The molecular formula is C25H29F3N4O3. The minimum atomic E-state index is -4.34. The average Bonchev–Trinajstić information content (AvgIpc) is 3.08. The summed E-state index contributed by atoms with van der Waals surface area (Å²) in [6.45, 7) is 0.756. The molecule has 2 fully saturated rings. The molecule has 188 valence electrons. The molecule has 2 aromatic heterocycles. The van der Waals surface area contributed by atoms with Gasteiger partial charge in [0.1, 0.15) is 0 Å². The minimum absolute atomic E-state index is 0.132. The molecule has 2 bridgehead atoms. The van der Waals surface area contributed by atoms with E-state index < -0.39 is 36.5 Å². The van der Waals surface area contributed by atoms with Crippen LogP contribution in [0.5, 0.6) is 0 Å². The highest BCUT2D eigenvalue weighted by Crippen LogP contribution is 2.49. The van der Waals surface area contributed by atoms with Gasteiger partial charge in [0.25, 0.3) is 5.56 Å². The zero-order chi connectivity index (χ0) is 24.7. The van der Waals surface area contributed by atoms with Gasteiger partial charge >= 0.3 is 6.18 Å². The first-order chi connectivity index (χ1) is 16.8. The Balaban J connectivity index is 1.58. The number of hydrogen-bond donors (Lipinski definition) is 1. The smallest absolute Gasteiger partial charge is 0.390 e. The summed E-state index contributed by atoms with van der Waals surface area (Å²) in [5.41, 5.74) is 1.46. The van der Waals surface area contributed by atoms with Gasteiger partial charge in [-0.15, -0.1) is 0 Å². The summed E-state index contributed by atoms with van der Waals surface area (Å²) in [4.78, 5) is 34.7. The quantitative estimate of drug-likeness (QED) is 0.698. The molecule has 1 N–H and O–H groups in total. The number of aromatic nitrogens is 2. The number of aliphatic hydroxyl groups is 1. The molecule has 3 aliphatic heterocycles. The van der Waals surface area contributed by atoms with Gasteiger partial charge in [-0.25, -0.2) is 0 Å². The summed E-state index contributed by atoms with van der Waals surface area (Å²) >= 11 is 0. The van der Waals surface area contributed by atoms with E-state index in [4.69, 9.17) is 0 Å². The molecule has 0 spiro atoms. The molecule has 0 radical (unpaired) electrons. The topological polar surface area (TPSA) is 78.7 Å². The van der Waals surface area contributed by atoms with Crippen molar-refractivity contribution >= 4 is 5.91 Å². The number of piperidine rings is 1. The number of carbonyl (C=O) groups excluding carboxylic acids is 1.